The number of aliphatic hydroxyl groups is 1. The third kappa shape index (κ3) is 3.41. The first-order valence-corrected chi connectivity index (χ1v) is 6.70. The molecule has 0 aromatic heterocycles. The quantitative estimate of drug-likeness (QED) is 0.854. The van der Waals surface area contributed by atoms with Gasteiger partial charge >= 0.3 is 0 Å². The van der Waals surface area contributed by atoms with E-state index in [1.54, 1.807) is 0 Å². The van der Waals surface area contributed by atoms with E-state index in [0.29, 0.717) is 37.9 Å². The van der Waals surface area contributed by atoms with Crippen molar-refractivity contribution in [3.05, 3.63) is 35.6 Å². The molecular weight excluding hydrogens is 259 g/mol. The highest BCUT2D eigenvalue weighted by atomic mass is 19.1. The van der Waals surface area contributed by atoms with Crippen LogP contribution in [0.1, 0.15) is 29.6 Å². The van der Waals surface area contributed by atoms with Crippen molar-refractivity contribution in [1.29, 1.82) is 5.26 Å². The number of nitrogens with zero attached hydrogens (tertiary/aromatic N) is 2. The molecule has 1 aliphatic rings. The first-order chi connectivity index (χ1) is 9.61. The fourth-order valence-corrected chi connectivity index (χ4v) is 2.53. The first-order valence-electron chi connectivity index (χ1n) is 6.70. The fraction of sp³-hybridized carbons (Fsp3) is 0.467. The fourth-order valence-electron chi connectivity index (χ4n) is 2.53. The Bertz CT molecular complexity index is 510. The van der Waals surface area contributed by atoms with Gasteiger partial charge in [-0.2, -0.15) is 5.26 Å². The van der Waals surface area contributed by atoms with Crippen LogP contribution in [0.2, 0.25) is 0 Å². The summed E-state index contributed by atoms with van der Waals surface area (Å²) < 4.78 is 12.8. The Hall–Kier alpha value is -1.77. The van der Waals surface area contributed by atoms with E-state index in [0.717, 1.165) is 0 Å². The van der Waals surface area contributed by atoms with Gasteiger partial charge in [0.15, 0.2) is 5.78 Å². The molecule has 1 aromatic carbocycles. The highest BCUT2D eigenvalue weighted by Gasteiger charge is 2.31. The molecule has 5 heteroatoms. The molecule has 1 saturated heterocycles. The van der Waals surface area contributed by atoms with E-state index in [4.69, 9.17) is 5.26 Å². The molecule has 1 aliphatic heterocycles. The van der Waals surface area contributed by atoms with Crippen LogP contribution in [-0.2, 0) is 0 Å². The van der Waals surface area contributed by atoms with E-state index in [1.807, 2.05) is 11.0 Å². The van der Waals surface area contributed by atoms with Gasteiger partial charge in [-0.15, -0.1) is 0 Å². The SMILES string of the molecule is N#CCCN1CCC(C(=O)c2ccc(F)cc2)CC1O. The average Bonchev–Trinajstić information content (AvgIpc) is 2.46. The van der Waals surface area contributed by atoms with Crippen molar-refractivity contribution in [3.8, 4) is 6.07 Å². The summed E-state index contributed by atoms with van der Waals surface area (Å²) in [6, 6.07) is 7.54. The topological polar surface area (TPSA) is 64.3 Å². The molecule has 20 heavy (non-hydrogen) atoms. The maximum Gasteiger partial charge on any atom is 0.166 e. The molecule has 1 N–H and O–H groups in total. The van der Waals surface area contributed by atoms with Gasteiger partial charge in [0, 0.05) is 31.0 Å². The molecule has 2 atom stereocenters. The van der Waals surface area contributed by atoms with Crippen LogP contribution >= 0.6 is 0 Å². The summed E-state index contributed by atoms with van der Waals surface area (Å²) in [5.41, 5.74) is 0.481. The van der Waals surface area contributed by atoms with Crippen LogP contribution in [0, 0.1) is 23.1 Å². The molecule has 4 nitrogen and oxygen atoms in total. The number of halogens is 1. The van der Waals surface area contributed by atoms with Gasteiger partial charge in [-0.05, 0) is 37.1 Å². The van der Waals surface area contributed by atoms with Gasteiger partial charge in [-0.25, -0.2) is 4.39 Å². The monoisotopic (exact) mass is 276 g/mol. The van der Waals surface area contributed by atoms with Crippen molar-refractivity contribution in [2.45, 2.75) is 25.5 Å². The Balaban J connectivity index is 1.97. The van der Waals surface area contributed by atoms with Crippen LogP contribution in [0.3, 0.4) is 0 Å². The van der Waals surface area contributed by atoms with Crippen LogP contribution < -0.4 is 0 Å². The summed E-state index contributed by atoms with van der Waals surface area (Å²) in [7, 11) is 0. The molecule has 0 amide bonds. The van der Waals surface area contributed by atoms with Gasteiger partial charge in [0.1, 0.15) is 12.0 Å². The van der Waals surface area contributed by atoms with Crippen LogP contribution in [0.15, 0.2) is 24.3 Å². The summed E-state index contributed by atoms with van der Waals surface area (Å²) >= 11 is 0. The zero-order valence-corrected chi connectivity index (χ0v) is 11.1. The number of rotatable bonds is 4. The Kier molecular flexibility index (Phi) is 4.83. The highest BCUT2D eigenvalue weighted by molar-refractivity contribution is 5.97. The maximum atomic E-state index is 12.8. The minimum Gasteiger partial charge on any atom is -0.378 e. The number of Topliss-reactive ketones (excluding diaryl/α,β-unsaturated/α-hetero) is 1. The van der Waals surface area contributed by atoms with Gasteiger partial charge in [0.25, 0.3) is 0 Å². The predicted molar refractivity (Wildman–Crippen MR) is 71.3 cm³/mol. The third-order valence-electron chi connectivity index (χ3n) is 3.69. The number of hydrogen-bond donors (Lipinski definition) is 1. The molecule has 0 aliphatic carbocycles. The second kappa shape index (κ2) is 6.60. The van der Waals surface area contributed by atoms with Gasteiger partial charge in [0.2, 0.25) is 0 Å². The van der Waals surface area contributed by atoms with Gasteiger partial charge in [-0.1, -0.05) is 0 Å². The molecule has 0 radical (unpaired) electrons. The molecule has 2 unspecified atom stereocenters. The number of ketones is 1. The Morgan fingerprint density at radius 2 is 2.15 bits per heavy atom. The lowest BCUT2D eigenvalue weighted by Gasteiger charge is -2.35. The summed E-state index contributed by atoms with van der Waals surface area (Å²) in [4.78, 5) is 14.1. The minimum absolute atomic E-state index is 0.0519. The predicted octanol–water partition coefficient (Wildman–Crippen LogP) is 1.95. The van der Waals surface area contributed by atoms with Gasteiger partial charge in [-0.3, -0.25) is 9.69 Å². The number of piperidine rings is 1. The molecule has 1 fully saturated rings. The van der Waals surface area contributed by atoms with E-state index in [9.17, 15) is 14.3 Å². The second-order valence-electron chi connectivity index (χ2n) is 5.02. The smallest absolute Gasteiger partial charge is 0.166 e. The molecule has 0 bridgehead atoms. The van der Waals surface area contributed by atoms with Crippen LogP contribution in [-0.4, -0.2) is 35.1 Å². The number of carbonyl (C=O) groups excluding carboxylic acids is 1. The van der Waals surface area contributed by atoms with E-state index in [-0.39, 0.29) is 17.5 Å². The molecule has 1 heterocycles. The summed E-state index contributed by atoms with van der Waals surface area (Å²) in [6.07, 6.45) is 0.694. The second-order valence-corrected chi connectivity index (χ2v) is 5.02. The normalized spacial score (nSPS) is 23.2. The van der Waals surface area contributed by atoms with Gasteiger partial charge < -0.3 is 5.11 Å². The average molecular weight is 276 g/mol. The number of nitriles is 1. The van der Waals surface area contributed by atoms with E-state index < -0.39 is 6.23 Å². The Morgan fingerprint density at radius 1 is 1.45 bits per heavy atom. The Labute approximate surface area is 117 Å². The van der Waals surface area contributed by atoms with E-state index in [1.165, 1.54) is 24.3 Å². The van der Waals surface area contributed by atoms with Crippen molar-refractivity contribution in [3.63, 3.8) is 0 Å². The third-order valence-corrected chi connectivity index (χ3v) is 3.69. The number of hydrogen-bond acceptors (Lipinski definition) is 4. The van der Waals surface area contributed by atoms with E-state index >= 15 is 0 Å². The first kappa shape index (κ1) is 14.6. The van der Waals surface area contributed by atoms with Crippen molar-refractivity contribution in [2.75, 3.05) is 13.1 Å². The Morgan fingerprint density at radius 3 is 2.75 bits per heavy atom. The molecule has 2 rings (SSSR count). The molecular formula is C15H17FN2O2. The summed E-state index contributed by atoms with van der Waals surface area (Å²) in [5.74, 6) is -0.661. The van der Waals surface area contributed by atoms with Crippen LogP contribution in [0.5, 0.6) is 0 Å². The molecule has 1 aromatic rings. The highest BCUT2D eigenvalue weighted by Crippen LogP contribution is 2.25. The zero-order valence-electron chi connectivity index (χ0n) is 11.1. The minimum atomic E-state index is -0.688. The largest absolute Gasteiger partial charge is 0.378 e. The van der Waals surface area contributed by atoms with Crippen molar-refractivity contribution in [1.82, 2.24) is 4.90 Å². The standard InChI is InChI=1S/C15H17FN2O2/c16-13-4-2-11(3-5-13)15(20)12-6-9-18(8-1-7-17)14(19)10-12/h2-5,12,14,19H,1,6,8-10H2. The lowest BCUT2D eigenvalue weighted by molar-refractivity contribution is -0.0366. The number of benzene rings is 1. The summed E-state index contributed by atoms with van der Waals surface area (Å²) in [6.45, 7) is 1.12. The van der Waals surface area contributed by atoms with Crippen molar-refractivity contribution >= 4 is 5.78 Å². The number of likely N-dealkylation sites (tertiary alicyclic amines) is 1. The lowest BCUT2D eigenvalue weighted by atomic mass is 9.88. The van der Waals surface area contributed by atoms with Crippen molar-refractivity contribution < 1.29 is 14.3 Å². The zero-order chi connectivity index (χ0) is 14.5. The summed E-state index contributed by atoms with van der Waals surface area (Å²) in [5, 5.41) is 18.6. The van der Waals surface area contributed by atoms with Crippen LogP contribution in [0.25, 0.3) is 0 Å². The van der Waals surface area contributed by atoms with E-state index in [2.05, 4.69) is 0 Å². The maximum absolute atomic E-state index is 12.8. The number of aliphatic hydroxyl groups excluding tert-OH is 1. The lowest BCUT2D eigenvalue weighted by Crippen LogP contribution is -2.44. The molecule has 0 saturated carbocycles. The molecule has 106 valence electrons. The van der Waals surface area contributed by atoms with Gasteiger partial charge in [0.05, 0.1) is 6.07 Å². The van der Waals surface area contributed by atoms with Crippen molar-refractivity contribution in [2.24, 2.45) is 5.92 Å². The molecule has 0 spiro atoms. The van der Waals surface area contributed by atoms with Crippen LogP contribution in [0.4, 0.5) is 4.39 Å². The number of carbonyl (C=O) groups is 1.